The van der Waals surface area contributed by atoms with E-state index in [1.165, 1.54) is 0 Å². The number of hydrogen-bond acceptors (Lipinski definition) is 3. The van der Waals surface area contributed by atoms with Gasteiger partial charge in [0.2, 0.25) is 5.88 Å². The standard InChI is InChI=1S/C12H17NO2/c1-8(2)12(14)10-5-6-11(13-7-10)15-9(3)4/h5-9H,1-4H3. The summed E-state index contributed by atoms with van der Waals surface area (Å²) in [4.78, 5) is 15.7. The van der Waals surface area contributed by atoms with Crippen LogP contribution in [0.5, 0.6) is 5.88 Å². The third-order valence-electron chi connectivity index (χ3n) is 1.90. The number of rotatable bonds is 4. The molecule has 82 valence electrons. The van der Waals surface area contributed by atoms with Crippen LogP contribution in [0.25, 0.3) is 0 Å². The van der Waals surface area contributed by atoms with Crippen molar-refractivity contribution >= 4 is 5.78 Å². The van der Waals surface area contributed by atoms with Crippen molar-refractivity contribution in [3.63, 3.8) is 0 Å². The smallest absolute Gasteiger partial charge is 0.213 e. The highest BCUT2D eigenvalue weighted by atomic mass is 16.5. The minimum atomic E-state index is 0.00340. The lowest BCUT2D eigenvalue weighted by Crippen LogP contribution is -2.10. The van der Waals surface area contributed by atoms with Crippen LogP contribution in [0.15, 0.2) is 18.3 Å². The van der Waals surface area contributed by atoms with Crippen LogP contribution in [0, 0.1) is 5.92 Å². The fourth-order valence-electron chi connectivity index (χ4n) is 1.17. The van der Waals surface area contributed by atoms with E-state index in [1.807, 2.05) is 27.7 Å². The monoisotopic (exact) mass is 207 g/mol. The van der Waals surface area contributed by atoms with Crippen molar-refractivity contribution in [2.45, 2.75) is 33.8 Å². The van der Waals surface area contributed by atoms with Gasteiger partial charge < -0.3 is 4.74 Å². The zero-order valence-electron chi connectivity index (χ0n) is 9.65. The number of pyridine rings is 1. The summed E-state index contributed by atoms with van der Waals surface area (Å²) in [6.07, 6.45) is 1.67. The van der Waals surface area contributed by atoms with Crippen LogP contribution in [0.2, 0.25) is 0 Å². The molecule has 0 unspecified atom stereocenters. The Balaban J connectivity index is 2.76. The Morgan fingerprint density at radius 2 is 1.93 bits per heavy atom. The van der Waals surface area contributed by atoms with Crippen LogP contribution in [0.1, 0.15) is 38.1 Å². The Labute approximate surface area is 90.5 Å². The lowest BCUT2D eigenvalue weighted by molar-refractivity contribution is 0.0939. The van der Waals surface area contributed by atoms with Gasteiger partial charge in [0.15, 0.2) is 5.78 Å². The second-order valence-corrected chi connectivity index (χ2v) is 4.07. The predicted molar refractivity (Wildman–Crippen MR) is 59.2 cm³/mol. The second kappa shape index (κ2) is 4.91. The predicted octanol–water partition coefficient (Wildman–Crippen LogP) is 2.71. The van der Waals surface area contributed by atoms with E-state index in [0.717, 1.165) is 0 Å². The molecule has 1 rings (SSSR count). The fraction of sp³-hybridized carbons (Fsp3) is 0.500. The number of carbonyl (C=O) groups is 1. The summed E-state index contributed by atoms with van der Waals surface area (Å²) >= 11 is 0. The van der Waals surface area contributed by atoms with Crippen molar-refractivity contribution in [1.82, 2.24) is 4.98 Å². The molecule has 3 nitrogen and oxygen atoms in total. The largest absolute Gasteiger partial charge is 0.475 e. The third-order valence-corrected chi connectivity index (χ3v) is 1.90. The van der Waals surface area contributed by atoms with Crippen LogP contribution in [-0.2, 0) is 0 Å². The number of nitrogens with zero attached hydrogens (tertiary/aromatic N) is 1. The highest BCUT2D eigenvalue weighted by Crippen LogP contribution is 2.12. The van der Waals surface area contributed by atoms with Crippen molar-refractivity contribution in [2.75, 3.05) is 0 Å². The topological polar surface area (TPSA) is 39.2 Å². The van der Waals surface area contributed by atoms with E-state index in [-0.39, 0.29) is 17.8 Å². The molecule has 1 heterocycles. The van der Waals surface area contributed by atoms with Crippen LogP contribution in [-0.4, -0.2) is 16.9 Å². The van der Waals surface area contributed by atoms with E-state index < -0.39 is 0 Å². The molecule has 0 aliphatic carbocycles. The van der Waals surface area contributed by atoms with Gasteiger partial charge in [-0.3, -0.25) is 4.79 Å². The number of ketones is 1. The number of hydrogen-bond donors (Lipinski definition) is 0. The zero-order chi connectivity index (χ0) is 11.4. The molecular weight excluding hydrogens is 190 g/mol. The Morgan fingerprint density at radius 1 is 1.27 bits per heavy atom. The molecule has 0 aliphatic rings. The first-order valence-corrected chi connectivity index (χ1v) is 5.17. The molecule has 0 radical (unpaired) electrons. The first-order valence-electron chi connectivity index (χ1n) is 5.17. The van der Waals surface area contributed by atoms with Gasteiger partial charge in [0, 0.05) is 23.7 Å². The van der Waals surface area contributed by atoms with Crippen LogP contribution >= 0.6 is 0 Å². The molecule has 0 N–H and O–H groups in total. The van der Waals surface area contributed by atoms with Gasteiger partial charge in [-0.05, 0) is 19.9 Å². The van der Waals surface area contributed by atoms with Crippen molar-refractivity contribution in [1.29, 1.82) is 0 Å². The maximum absolute atomic E-state index is 11.6. The minimum Gasteiger partial charge on any atom is -0.475 e. The molecule has 0 spiro atoms. The Bertz CT molecular complexity index is 328. The van der Waals surface area contributed by atoms with Gasteiger partial charge >= 0.3 is 0 Å². The molecule has 0 amide bonds. The number of aromatic nitrogens is 1. The van der Waals surface area contributed by atoms with Gasteiger partial charge in [0.1, 0.15) is 0 Å². The third kappa shape index (κ3) is 3.35. The van der Waals surface area contributed by atoms with E-state index in [1.54, 1.807) is 18.3 Å². The van der Waals surface area contributed by atoms with Gasteiger partial charge in [0.25, 0.3) is 0 Å². The van der Waals surface area contributed by atoms with Crippen molar-refractivity contribution in [3.8, 4) is 5.88 Å². The Hall–Kier alpha value is -1.38. The SMILES string of the molecule is CC(C)Oc1ccc(C(=O)C(C)C)cn1. The fourth-order valence-corrected chi connectivity index (χ4v) is 1.17. The van der Waals surface area contributed by atoms with Crippen molar-refractivity contribution in [2.24, 2.45) is 5.92 Å². The maximum Gasteiger partial charge on any atom is 0.213 e. The summed E-state index contributed by atoms with van der Waals surface area (Å²) in [7, 11) is 0. The molecule has 1 aromatic rings. The molecule has 0 bridgehead atoms. The lowest BCUT2D eigenvalue weighted by atomic mass is 10.0. The van der Waals surface area contributed by atoms with Crippen molar-refractivity contribution < 1.29 is 9.53 Å². The molecule has 0 aromatic carbocycles. The summed E-state index contributed by atoms with van der Waals surface area (Å²) in [5.74, 6) is 0.674. The average molecular weight is 207 g/mol. The number of carbonyl (C=O) groups excluding carboxylic acids is 1. The van der Waals surface area contributed by atoms with E-state index in [9.17, 15) is 4.79 Å². The summed E-state index contributed by atoms with van der Waals surface area (Å²) in [5.41, 5.74) is 0.640. The summed E-state index contributed by atoms with van der Waals surface area (Å²) in [5, 5.41) is 0. The molecule has 0 fully saturated rings. The Kier molecular flexibility index (Phi) is 3.83. The summed E-state index contributed by atoms with van der Waals surface area (Å²) < 4.78 is 5.39. The summed E-state index contributed by atoms with van der Waals surface area (Å²) in [6.45, 7) is 7.63. The highest BCUT2D eigenvalue weighted by molar-refractivity contribution is 5.97. The molecule has 0 atom stereocenters. The highest BCUT2D eigenvalue weighted by Gasteiger charge is 2.10. The molecular formula is C12H17NO2. The van der Waals surface area contributed by atoms with Crippen LogP contribution in [0.3, 0.4) is 0 Å². The van der Waals surface area contributed by atoms with E-state index in [2.05, 4.69) is 4.98 Å². The number of ether oxygens (including phenoxy) is 1. The van der Waals surface area contributed by atoms with Gasteiger partial charge in [-0.25, -0.2) is 4.98 Å². The molecule has 0 saturated heterocycles. The summed E-state index contributed by atoms with van der Waals surface area (Å²) in [6, 6.07) is 3.49. The quantitative estimate of drug-likeness (QED) is 0.712. The van der Waals surface area contributed by atoms with E-state index >= 15 is 0 Å². The molecule has 0 saturated carbocycles. The zero-order valence-corrected chi connectivity index (χ0v) is 9.65. The molecule has 1 aromatic heterocycles. The molecule has 15 heavy (non-hydrogen) atoms. The Morgan fingerprint density at radius 3 is 2.33 bits per heavy atom. The number of Topliss-reactive ketones (excluding diaryl/α,β-unsaturated/α-hetero) is 1. The normalized spacial score (nSPS) is 10.8. The molecule has 0 aliphatic heterocycles. The maximum atomic E-state index is 11.6. The van der Waals surface area contributed by atoms with Gasteiger partial charge in [-0.15, -0.1) is 0 Å². The molecule has 3 heteroatoms. The van der Waals surface area contributed by atoms with E-state index in [4.69, 9.17) is 4.74 Å². The minimum absolute atomic E-state index is 0.00340. The van der Waals surface area contributed by atoms with Crippen molar-refractivity contribution in [3.05, 3.63) is 23.9 Å². The van der Waals surface area contributed by atoms with Gasteiger partial charge in [-0.2, -0.15) is 0 Å². The second-order valence-electron chi connectivity index (χ2n) is 4.07. The van der Waals surface area contributed by atoms with Gasteiger partial charge in [-0.1, -0.05) is 13.8 Å². The van der Waals surface area contributed by atoms with E-state index in [0.29, 0.717) is 11.4 Å². The first kappa shape index (κ1) is 11.7. The van der Waals surface area contributed by atoms with Crippen LogP contribution < -0.4 is 4.74 Å². The van der Waals surface area contributed by atoms with Gasteiger partial charge in [0.05, 0.1) is 6.10 Å². The lowest BCUT2D eigenvalue weighted by Gasteiger charge is -2.09. The van der Waals surface area contributed by atoms with Crippen LogP contribution in [0.4, 0.5) is 0 Å². The average Bonchev–Trinajstić information content (AvgIpc) is 2.17. The first-order chi connectivity index (χ1) is 7.00.